The van der Waals surface area contributed by atoms with Crippen molar-refractivity contribution in [1.82, 2.24) is 15.2 Å². The van der Waals surface area contributed by atoms with Gasteiger partial charge in [0.25, 0.3) is 11.5 Å². The molecule has 4 rings (SSSR count). The largest absolute Gasteiger partial charge is 0.292 e. The van der Waals surface area contributed by atoms with Gasteiger partial charge in [0.15, 0.2) is 5.69 Å². The van der Waals surface area contributed by atoms with E-state index in [4.69, 9.17) is 0 Å². The molecule has 0 saturated carbocycles. The summed E-state index contributed by atoms with van der Waals surface area (Å²) < 4.78 is 1.26. The molecule has 1 amide bonds. The number of amides is 1. The molecule has 1 heterocycles. The lowest BCUT2D eigenvalue weighted by Crippen LogP contribution is -2.28. The summed E-state index contributed by atoms with van der Waals surface area (Å²) in [6.07, 6.45) is 9.05. The average Bonchev–Trinajstić information content (AvgIpc) is 2.75. The van der Waals surface area contributed by atoms with Gasteiger partial charge in [0.1, 0.15) is 0 Å². The molecule has 1 aromatic heterocycles. The highest BCUT2D eigenvalue weighted by atomic mass is 16.2. The van der Waals surface area contributed by atoms with Crippen LogP contribution in [-0.2, 0) is 0 Å². The van der Waals surface area contributed by atoms with Gasteiger partial charge in [0.05, 0.1) is 11.1 Å². The third-order valence-electron chi connectivity index (χ3n) is 4.78. The Kier molecular flexibility index (Phi) is 5.10. The highest BCUT2D eigenvalue weighted by molar-refractivity contribution is 6.04. The number of benzene rings is 2. The van der Waals surface area contributed by atoms with Crippen molar-refractivity contribution >= 4 is 22.9 Å². The zero-order chi connectivity index (χ0) is 19.3. The van der Waals surface area contributed by atoms with E-state index in [9.17, 15) is 9.59 Å². The number of hydrogen-bond donors (Lipinski definition) is 1. The first kappa shape index (κ1) is 17.9. The zero-order valence-corrected chi connectivity index (χ0v) is 15.3. The second-order valence-electron chi connectivity index (χ2n) is 6.71. The summed E-state index contributed by atoms with van der Waals surface area (Å²) in [4.78, 5) is 25.6. The SMILES string of the molecule is O=C(N/N=C\[C@@H]1CC=CCC1)c1nn(-c2ccccc2)c(=O)c2ccccc12. The number of carbonyl (C=O) groups is 1. The molecule has 6 nitrogen and oxygen atoms in total. The molecule has 6 heteroatoms. The van der Waals surface area contributed by atoms with Crippen molar-refractivity contribution in [1.29, 1.82) is 0 Å². The number of nitrogens with zero attached hydrogens (tertiary/aromatic N) is 3. The van der Waals surface area contributed by atoms with E-state index in [2.05, 4.69) is 27.8 Å². The molecule has 0 fully saturated rings. The van der Waals surface area contributed by atoms with E-state index < -0.39 is 5.91 Å². The number of aromatic nitrogens is 2. The summed E-state index contributed by atoms with van der Waals surface area (Å²) in [5.74, 6) is -0.114. The normalized spacial score (nSPS) is 16.5. The maximum absolute atomic E-state index is 12.9. The van der Waals surface area contributed by atoms with Gasteiger partial charge in [-0.3, -0.25) is 9.59 Å². The van der Waals surface area contributed by atoms with E-state index in [0.717, 1.165) is 19.3 Å². The van der Waals surface area contributed by atoms with Crippen molar-refractivity contribution in [2.45, 2.75) is 19.3 Å². The third kappa shape index (κ3) is 3.62. The summed E-state index contributed by atoms with van der Waals surface area (Å²) in [5.41, 5.74) is 3.07. The van der Waals surface area contributed by atoms with Crippen molar-refractivity contribution in [3.63, 3.8) is 0 Å². The smallest absolute Gasteiger partial charge is 0.267 e. The molecule has 0 aliphatic heterocycles. The number of nitrogens with one attached hydrogen (secondary N) is 1. The molecule has 0 unspecified atom stereocenters. The van der Waals surface area contributed by atoms with Crippen molar-refractivity contribution in [3.8, 4) is 5.69 Å². The van der Waals surface area contributed by atoms with Crippen LogP contribution < -0.4 is 11.0 Å². The maximum Gasteiger partial charge on any atom is 0.292 e. The zero-order valence-electron chi connectivity index (χ0n) is 15.3. The Balaban J connectivity index is 1.70. The van der Waals surface area contributed by atoms with Gasteiger partial charge in [0.2, 0.25) is 0 Å². The first-order valence-electron chi connectivity index (χ1n) is 9.30. The van der Waals surface area contributed by atoms with Gasteiger partial charge in [-0.1, -0.05) is 48.6 Å². The number of carbonyl (C=O) groups excluding carboxylic acids is 1. The van der Waals surface area contributed by atoms with E-state index in [1.54, 1.807) is 42.6 Å². The van der Waals surface area contributed by atoms with Gasteiger partial charge in [-0.15, -0.1) is 0 Å². The number of hydrogen-bond acceptors (Lipinski definition) is 4. The predicted octanol–water partition coefficient (Wildman–Crippen LogP) is 3.46. The second-order valence-corrected chi connectivity index (χ2v) is 6.71. The molecule has 1 N–H and O–H groups in total. The Morgan fingerprint density at radius 1 is 1.07 bits per heavy atom. The lowest BCUT2D eigenvalue weighted by Gasteiger charge is -2.12. The number of fused-ring (bicyclic) bond motifs is 1. The minimum atomic E-state index is -0.441. The van der Waals surface area contributed by atoms with Gasteiger partial charge < -0.3 is 0 Å². The van der Waals surface area contributed by atoms with E-state index in [1.807, 2.05) is 18.2 Å². The molecule has 3 aromatic rings. The van der Waals surface area contributed by atoms with Crippen molar-refractivity contribution < 1.29 is 4.79 Å². The Bertz CT molecular complexity index is 1120. The lowest BCUT2D eigenvalue weighted by atomic mass is 9.96. The monoisotopic (exact) mass is 372 g/mol. The minimum absolute atomic E-state index is 0.166. The molecule has 0 spiro atoms. The molecule has 1 atom stereocenters. The van der Waals surface area contributed by atoms with Crippen LogP contribution in [-0.4, -0.2) is 21.9 Å². The van der Waals surface area contributed by atoms with E-state index in [0.29, 0.717) is 22.4 Å². The highest BCUT2D eigenvalue weighted by Crippen LogP contribution is 2.17. The third-order valence-corrected chi connectivity index (χ3v) is 4.78. The summed E-state index contributed by atoms with van der Waals surface area (Å²) in [6.45, 7) is 0. The standard InChI is InChI=1S/C22H20N4O2/c27-21(24-23-15-16-9-3-1-4-10-16)20-18-13-7-8-14-19(18)22(28)26(25-20)17-11-5-2-6-12-17/h1-3,5-8,11-16H,4,9-10H2,(H,24,27)/b23-15-/t16-/m1/s1. The van der Waals surface area contributed by atoms with Crippen LogP contribution in [0.5, 0.6) is 0 Å². The summed E-state index contributed by atoms with van der Waals surface area (Å²) in [7, 11) is 0. The Hall–Kier alpha value is -3.54. The molecule has 1 aliphatic rings. The second kappa shape index (κ2) is 8.00. The molecule has 1 aliphatic carbocycles. The van der Waals surface area contributed by atoms with Crippen molar-refractivity contribution in [2.24, 2.45) is 11.0 Å². The Labute approximate surface area is 162 Å². The van der Waals surface area contributed by atoms with Crippen LogP contribution in [0.15, 0.2) is 76.6 Å². The summed E-state index contributed by atoms with van der Waals surface area (Å²) >= 11 is 0. The summed E-state index contributed by atoms with van der Waals surface area (Å²) in [6, 6.07) is 16.0. The maximum atomic E-state index is 12.9. The van der Waals surface area contributed by atoms with Crippen LogP contribution in [0, 0.1) is 5.92 Å². The van der Waals surface area contributed by atoms with Crippen LogP contribution in [0.4, 0.5) is 0 Å². The van der Waals surface area contributed by atoms with Crippen LogP contribution in [0.25, 0.3) is 16.5 Å². The number of hydrazone groups is 1. The molecule has 2 aromatic carbocycles. The summed E-state index contributed by atoms with van der Waals surface area (Å²) in [5, 5.41) is 9.41. The fourth-order valence-electron chi connectivity index (χ4n) is 3.31. The quantitative estimate of drug-likeness (QED) is 0.433. The van der Waals surface area contributed by atoms with Crippen LogP contribution in [0.2, 0.25) is 0 Å². The fourth-order valence-corrected chi connectivity index (χ4v) is 3.31. The lowest BCUT2D eigenvalue weighted by molar-refractivity contribution is 0.0950. The molecular weight excluding hydrogens is 352 g/mol. The fraction of sp³-hybridized carbons (Fsp3) is 0.182. The van der Waals surface area contributed by atoms with E-state index in [-0.39, 0.29) is 11.3 Å². The van der Waals surface area contributed by atoms with Gasteiger partial charge in [-0.05, 0) is 43.4 Å². The minimum Gasteiger partial charge on any atom is -0.267 e. The Morgan fingerprint density at radius 3 is 2.57 bits per heavy atom. The number of allylic oxidation sites excluding steroid dienone is 2. The van der Waals surface area contributed by atoms with Crippen molar-refractivity contribution in [3.05, 3.63) is 82.8 Å². The van der Waals surface area contributed by atoms with Gasteiger partial charge in [0, 0.05) is 11.6 Å². The number of para-hydroxylation sites is 1. The molecule has 28 heavy (non-hydrogen) atoms. The molecule has 0 bridgehead atoms. The van der Waals surface area contributed by atoms with Crippen molar-refractivity contribution in [2.75, 3.05) is 0 Å². The topological polar surface area (TPSA) is 76.3 Å². The van der Waals surface area contributed by atoms with E-state index >= 15 is 0 Å². The first-order valence-corrected chi connectivity index (χ1v) is 9.30. The molecule has 140 valence electrons. The van der Waals surface area contributed by atoms with E-state index in [1.165, 1.54) is 4.68 Å². The van der Waals surface area contributed by atoms with Crippen LogP contribution in [0.1, 0.15) is 29.8 Å². The highest BCUT2D eigenvalue weighted by Gasteiger charge is 2.17. The van der Waals surface area contributed by atoms with Crippen LogP contribution in [0.3, 0.4) is 0 Å². The van der Waals surface area contributed by atoms with Crippen LogP contribution >= 0.6 is 0 Å². The predicted molar refractivity (Wildman–Crippen MR) is 110 cm³/mol. The molecule has 0 radical (unpaired) electrons. The first-order chi connectivity index (χ1) is 13.7. The van der Waals surface area contributed by atoms with Gasteiger partial charge in [-0.2, -0.15) is 14.9 Å². The van der Waals surface area contributed by atoms with Gasteiger partial charge >= 0.3 is 0 Å². The average molecular weight is 372 g/mol. The molecular formula is C22H20N4O2. The Morgan fingerprint density at radius 2 is 1.82 bits per heavy atom. The van der Waals surface area contributed by atoms with Gasteiger partial charge in [-0.25, -0.2) is 5.43 Å². The molecule has 0 saturated heterocycles. The number of rotatable bonds is 4.